The molecule has 2 fully saturated rings. The topological polar surface area (TPSA) is 45.6 Å². The van der Waals surface area contributed by atoms with E-state index in [1.165, 1.54) is 12.1 Å². The fourth-order valence-corrected chi connectivity index (χ4v) is 4.10. The van der Waals surface area contributed by atoms with Crippen LogP contribution in [-0.4, -0.2) is 58.8 Å². The lowest BCUT2D eigenvalue weighted by molar-refractivity contribution is -0.134. The number of rotatable bonds is 6. The minimum absolute atomic E-state index is 0.116. The van der Waals surface area contributed by atoms with E-state index < -0.39 is 0 Å². The molecule has 1 aromatic heterocycles. The average molecular weight is 397 g/mol. The van der Waals surface area contributed by atoms with Crippen molar-refractivity contribution in [2.45, 2.75) is 33.2 Å². The number of nitrogens with zero attached hydrogens (tertiary/aromatic N) is 3. The molecule has 1 aliphatic carbocycles. The molecule has 5 nitrogen and oxygen atoms in total. The first kappa shape index (κ1) is 19.8. The second-order valence-corrected chi connectivity index (χ2v) is 8.30. The van der Waals surface area contributed by atoms with E-state index in [-0.39, 0.29) is 17.5 Å². The standard InChI is InChI=1S/C23H28FN3O2/c1-16-13-21(17(2)27(16)14-18-3-7-20(24)8-4-18)22(28)15-25-9-11-26(12-10-25)23(29)19-5-6-19/h3-4,7-8,13,19H,5-6,9-12,14-15H2,1-2H3. The molecule has 0 radical (unpaired) electrons. The van der Waals surface area contributed by atoms with Gasteiger partial charge in [0.05, 0.1) is 6.54 Å². The van der Waals surface area contributed by atoms with Crippen LogP contribution in [0.15, 0.2) is 30.3 Å². The number of hydrogen-bond acceptors (Lipinski definition) is 3. The van der Waals surface area contributed by atoms with Gasteiger partial charge in [0.25, 0.3) is 0 Å². The molecule has 0 N–H and O–H groups in total. The van der Waals surface area contributed by atoms with Crippen LogP contribution in [0, 0.1) is 25.6 Å². The summed E-state index contributed by atoms with van der Waals surface area (Å²) in [5.74, 6) is 0.421. The molecule has 0 unspecified atom stereocenters. The maximum absolute atomic E-state index is 13.1. The van der Waals surface area contributed by atoms with Crippen LogP contribution in [-0.2, 0) is 11.3 Å². The van der Waals surface area contributed by atoms with Gasteiger partial charge in [-0.2, -0.15) is 0 Å². The average Bonchev–Trinajstić information content (AvgIpc) is 3.52. The molecule has 6 heteroatoms. The van der Waals surface area contributed by atoms with E-state index in [0.717, 1.165) is 48.4 Å². The molecular weight excluding hydrogens is 369 g/mol. The van der Waals surface area contributed by atoms with Crippen molar-refractivity contribution in [2.24, 2.45) is 5.92 Å². The van der Waals surface area contributed by atoms with Gasteiger partial charge >= 0.3 is 0 Å². The lowest BCUT2D eigenvalue weighted by atomic mass is 10.1. The summed E-state index contributed by atoms with van der Waals surface area (Å²) in [6.07, 6.45) is 2.07. The van der Waals surface area contributed by atoms with E-state index in [4.69, 9.17) is 0 Å². The molecule has 1 aliphatic heterocycles. The van der Waals surface area contributed by atoms with Gasteiger partial charge in [0.1, 0.15) is 5.82 Å². The first-order valence-corrected chi connectivity index (χ1v) is 10.4. The highest BCUT2D eigenvalue weighted by molar-refractivity contribution is 5.99. The molecule has 154 valence electrons. The van der Waals surface area contributed by atoms with Crippen LogP contribution in [0.1, 0.15) is 40.2 Å². The third-order valence-corrected chi connectivity index (χ3v) is 6.11. The fourth-order valence-electron chi connectivity index (χ4n) is 4.10. The smallest absolute Gasteiger partial charge is 0.225 e. The summed E-state index contributed by atoms with van der Waals surface area (Å²) in [6, 6.07) is 8.43. The lowest BCUT2D eigenvalue weighted by Crippen LogP contribution is -2.50. The number of carbonyl (C=O) groups is 2. The van der Waals surface area contributed by atoms with Gasteiger partial charge in [0.2, 0.25) is 5.91 Å². The maximum atomic E-state index is 13.1. The van der Waals surface area contributed by atoms with Gasteiger partial charge in [0, 0.05) is 55.6 Å². The SMILES string of the molecule is Cc1cc(C(=O)CN2CCN(C(=O)C3CC3)CC2)c(C)n1Cc1ccc(F)cc1. The Bertz CT molecular complexity index is 907. The van der Waals surface area contributed by atoms with Crippen molar-refractivity contribution in [1.29, 1.82) is 0 Å². The summed E-state index contributed by atoms with van der Waals surface area (Å²) in [4.78, 5) is 29.2. The van der Waals surface area contributed by atoms with Crippen molar-refractivity contribution >= 4 is 11.7 Å². The highest BCUT2D eigenvalue weighted by Gasteiger charge is 2.34. The number of ketones is 1. The zero-order valence-corrected chi connectivity index (χ0v) is 17.2. The molecule has 4 rings (SSSR count). The summed E-state index contributed by atoms with van der Waals surface area (Å²) < 4.78 is 15.3. The zero-order valence-electron chi connectivity index (χ0n) is 17.2. The van der Waals surface area contributed by atoms with E-state index in [1.54, 1.807) is 12.1 Å². The van der Waals surface area contributed by atoms with Crippen molar-refractivity contribution < 1.29 is 14.0 Å². The van der Waals surface area contributed by atoms with Crippen LogP contribution in [0.4, 0.5) is 4.39 Å². The number of piperazine rings is 1. The summed E-state index contributed by atoms with van der Waals surface area (Å²) >= 11 is 0. The Labute approximate surface area is 171 Å². The van der Waals surface area contributed by atoms with Crippen molar-refractivity contribution in [3.63, 3.8) is 0 Å². The van der Waals surface area contributed by atoms with Crippen LogP contribution >= 0.6 is 0 Å². The van der Waals surface area contributed by atoms with Crippen LogP contribution < -0.4 is 0 Å². The predicted octanol–water partition coefficient (Wildman–Crippen LogP) is 3.03. The van der Waals surface area contributed by atoms with Crippen molar-refractivity contribution in [3.8, 4) is 0 Å². The second kappa shape index (κ2) is 8.11. The molecule has 1 saturated heterocycles. The van der Waals surface area contributed by atoms with Gasteiger partial charge in [-0.15, -0.1) is 0 Å². The van der Waals surface area contributed by atoms with Crippen molar-refractivity contribution in [1.82, 2.24) is 14.4 Å². The third kappa shape index (κ3) is 4.42. The summed E-state index contributed by atoms with van der Waals surface area (Å²) in [7, 11) is 0. The largest absolute Gasteiger partial charge is 0.344 e. The Hall–Kier alpha value is -2.47. The first-order chi connectivity index (χ1) is 13.9. The Morgan fingerprint density at radius 1 is 1.03 bits per heavy atom. The van der Waals surface area contributed by atoms with Gasteiger partial charge in [-0.1, -0.05) is 12.1 Å². The van der Waals surface area contributed by atoms with Crippen molar-refractivity contribution in [2.75, 3.05) is 32.7 Å². The van der Waals surface area contributed by atoms with Gasteiger partial charge in [0.15, 0.2) is 5.78 Å². The van der Waals surface area contributed by atoms with Gasteiger partial charge in [-0.3, -0.25) is 14.5 Å². The van der Waals surface area contributed by atoms with Crippen LogP contribution in [0.3, 0.4) is 0 Å². The van der Waals surface area contributed by atoms with Crippen LogP contribution in [0.2, 0.25) is 0 Å². The van der Waals surface area contributed by atoms with E-state index in [0.29, 0.717) is 32.1 Å². The molecule has 2 heterocycles. The molecule has 0 spiro atoms. The highest BCUT2D eigenvalue weighted by Crippen LogP contribution is 2.31. The number of aromatic nitrogens is 1. The lowest BCUT2D eigenvalue weighted by Gasteiger charge is -2.34. The fraction of sp³-hybridized carbons (Fsp3) is 0.478. The zero-order chi connectivity index (χ0) is 20.5. The minimum Gasteiger partial charge on any atom is -0.344 e. The van der Waals surface area contributed by atoms with E-state index >= 15 is 0 Å². The van der Waals surface area contributed by atoms with Gasteiger partial charge in [-0.25, -0.2) is 4.39 Å². The number of hydrogen-bond donors (Lipinski definition) is 0. The number of halogens is 1. The Morgan fingerprint density at radius 2 is 1.69 bits per heavy atom. The number of amides is 1. The molecule has 2 aliphatic rings. The molecular formula is C23H28FN3O2. The number of benzene rings is 1. The third-order valence-electron chi connectivity index (χ3n) is 6.11. The summed E-state index contributed by atoms with van der Waals surface area (Å²) in [6.45, 7) is 7.89. The molecule has 2 aromatic rings. The number of Topliss-reactive ketones (excluding diaryl/α,β-unsaturated/α-hetero) is 1. The van der Waals surface area contributed by atoms with Gasteiger partial charge < -0.3 is 9.47 Å². The van der Waals surface area contributed by atoms with Crippen LogP contribution in [0.5, 0.6) is 0 Å². The molecule has 1 aromatic carbocycles. The Morgan fingerprint density at radius 3 is 2.31 bits per heavy atom. The quantitative estimate of drug-likeness (QED) is 0.704. The molecule has 0 atom stereocenters. The maximum Gasteiger partial charge on any atom is 0.225 e. The predicted molar refractivity (Wildman–Crippen MR) is 109 cm³/mol. The minimum atomic E-state index is -0.246. The van der Waals surface area contributed by atoms with Crippen LogP contribution in [0.25, 0.3) is 0 Å². The van der Waals surface area contributed by atoms with E-state index in [9.17, 15) is 14.0 Å². The summed E-state index contributed by atoms with van der Waals surface area (Å²) in [5, 5.41) is 0. The Balaban J connectivity index is 1.37. The van der Waals surface area contributed by atoms with Crippen molar-refractivity contribution in [3.05, 3.63) is 58.7 Å². The molecule has 29 heavy (non-hydrogen) atoms. The monoisotopic (exact) mass is 397 g/mol. The second-order valence-electron chi connectivity index (χ2n) is 8.30. The highest BCUT2D eigenvalue weighted by atomic mass is 19.1. The number of carbonyl (C=O) groups excluding carboxylic acids is 2. The normalized spacial score (nSPS) is 17.6. The summed E-state index contributed by atoms with van der Waals surface area (Å²) in [5.41, 5.74) is 3.72. The van der Waals surface area contributed by atoms with Gasteiger partial charge in [-0.05, 0) is 50.5 Å². The van der Waals surface area contributed by atoms with E-state index in [1.807, 2.05) is 24.8 Å². The molecule has 1 saturated carbocycles. The van der Waals surface area contributed by atoms with E-state index in [2.05, 4.69) is 9.47 Å². The molecule has 0 bridgehead atoms. The Kier molecular flexibility index (Phi) is 5.54. The first-order valence-electron chi connectivity index (χ1n) is 10.4. The molecule has 1 amide bonds. The number of aryl methyl sites for hydroxylation is 1.